The topological polar surface area (TPSA) is 58.8 Å². The van der Waals surface area contributed by atoms with Crippen molar-refractivity contribution in [2.24, 2.45) is 0 Å². The highest BCUT2D eigenvalue weighted by molar-refractivity contribution is 5.93. The number of hydrogen-bond donors (Lipinski definition) is 0. The van der Waals surface area contributed by atoms with Crippen LogP contribution in [-0.4, -0.2) is 47.0 Å². The standard InChI is InChI=1S/C23H22F3N3O3/c1-15-19(14-31-21-7-6-18(25)12-20(21)26)22(27-32-15)23(30)29-10-8-28(9-11-29)13-16-2-4-17(24)5-3-16/h2-7,12H,8-11,13-14H2,1H3. The van der Waals surface area contributed by atoms with Gasteiger partial charge in [-0.3, -0.25) is 9.69 Å². The Hall–Kier alpha value is -3.33. The predicted octanol–water partition coefficient (Wildman–Crippen LogP) is 3.94. The van der Waals surface area contributed by atoms with E-state index in [1.54, 1.807) is 24.0 Å². The van der Waals surface area contributed by atoms with E-state index >= 15 is 0 Å². The summed E-state index contributed by atoms with van der Waals surface area (Å²) in [5, 5.41) is 3.89. The van der Waals surface area contributed by atoms with Gasteiger partial charge >= 0.3 is 0 Å². The first kappa shape index (κ1) is 21.9. The summed E-state index contributed by atoms with van der Waals surface area (Å²) in [6, 6.07) is 9.38. The van der Waals surface area contributed by atoms with E-state index in [0.717, 1.165) is 17.7 Å². The molecule has 3 aromatic rings. The van der Waals surface area contributed by atoms with E-state index in [4.69, 9.17) is 9.26 Å². The fourth-order valence-corrected chi connectivity index (χ4v) is 3.58. The van der Waals surface area contributed by atoms with Crippen LogP contribution in [0, 0.1) is 24.4 Å². The van der Waals surface area contributed by atoms with E-state index in [9.17, 15) is 18.0 Å². The van der Waals surface area contributed by atoms with Gasteiger partial charge in [-0.05, 0) is 36.8 Å². The van der Waals surface area contributed by atoms with Gasteiger partial charge < -0.3 is 14.2 Å². The smallest absolute Gasteiger partial charge is 0.276 e. The van der Waals surface area contributed by atoms with Crippen LogP contribution in [0.4, 0.5) is 13.2 Å². The summed E-state index contributed by atoms with van der Waals surface area (Å²) >= 11 is 0. The van der Waals surface area contributed by atoms with Gasteiger partial charge in [0.1, 0.15) is 24.0 Å². The zero-order chi connectivity index (χ0) is 22.7. The van der Waals surface area contributed by atoms with Crippen molar-refractivity contribution in [3.8, 4) is 5.75 Å². The number of benzene rings is 2. The lowest BCUT2D eigenvalue weighted by Crippen LogP contribution is -2.48. The molecule has 0 N–H and O–H groups in total. The normalized spacial score (nSPS) is 14.6. The van der Waals surface area contributed by atoms with E-state index in [1.807, 2.05) is 0 Å². The van der Waals surface area contributed by atoms with Crippen molar-refractivity contribution in [1.29, 1.82) is 0 Å². The average Bonchev–Trinajstić information content (AvgIpc) is 3.15. The molecular formula is C23H22F3N3O3. The second kappa shape index (κ2) is 9.44. The number of rotatable bonds is 6. The summed E-state index contributed by atoms with van der Waals surface area (Å²) in [5.74, 6) is -1.82. The van der Waals surface area contributed by atoms with Crippen LogP contribution in [0.3, 0.4) is 0 Å². The first-order valence-corrected chi connectivity index (χ1v) is 10.2. The highest BCUT2D eigenvalue weighted by Gasteiger charge is 2.28. The molecule has 1 fully saturated rings. The lowest BCUT2D eigenvalue weighted by molar-refractivity contribution is 0.0616. The molecule has 1 aliphatic heterocycles. The Morgan fingerprint density at radius 2 is 1.72 bits per heavy atom. The molecule has 2 aromatic carbocycles. The van der Waals surface area contributed by atoms with E-state index in [1.165, 1.54) is 18.2 Å². The number of ether oxygens (including phenoxy) is 1. The van der Waals surface area contributed by atoms with Gasteiger partial charge in [-0.15, -0.1) is 0 Å². The fourth-order valence-electron chi connectivity index (χ4n) is 3.58. The second-order valence-electron chi connectivity index (χ2n) is 7.62. The van der Waals surface area contributed by atoms with Crippen molar-refractivity contribution < 1.29 is 27.2 Å². The largest absolute Gasteiger partial charge is 0.486 e. The minimum Gasteiger partial charge on any atom is -0.486 e. The Labute approximate surface area is 183 Å². The lowest BCUT2D eigenvalue weighted by atomic mass is 10.1. The maximum atomic E-state index is 13.8. The van der Waals surface area contributed by atoms with Crippen LogP contribution in [0.25, 0.3) is 0 Å². The molecule has 1 amide bonds. The number of carbonyl (C=O) groups excluding carboxylic acids is 1. The van der Waals surface area contributed by atoms with E-state index in [2.05, 4.69) is 10.1 Å². The van der Waals surface area contributed by atoms with Crippen LogP contribution >= 0.6 is 0 Å². The number of amides is 1. The van der Waals surface area contributed by atoms with Crippen LogP contribution < -0.4 is 4.74 Å². The monoisotopic (exact) mass is 445 g/mol. The van der Waals surface area contributed by atoms with Crippen molar-refractivity contribution in [3.05, 3.63) is 82.5 Å². The zero-order valence-electron chi connectivity index (χ0n) is 17.5. The number of aromatic nitrogens is 1. The highest BCUT2D eigenvalue weighted by Crippen LogP contribution is 2.22. The fraction of sp³-hybridized carbons (Fsp3) is 0.304. The van der Waals surface area contributed by atoms with Crippen molar-refractivity contribution in [3.63, 3.8) is 0 Å². The first-order chi connectivity index (χ1) is 15.4. The molecular weight excluding hydrogens is 423 g/mol. The van der Waals surface area contributed by atoms with Crippen LogP contribution in [0.1, 0.15) is 27.4 Å². The Kier molecular flexibility index (Phi) is 6.45. The molecule has 1 aliphatic rings. The number of piperazine rings is 1. The molecule has 0 unspecified atom stereocenters. The molecule has 2 heterocycles. The van der Waals surface area contributed by atoms with Gasteiger partial charge in [0.25, 0.3) is 5.91 Å². The molecule has 6 nitrogen and oxygen atoms in total. The lowest BCUT2D eigenvalue weighted by Gasteiger charge is -2.34. The van der Waals surface area contributed by atoms with Gasteiger partial charge in [0, 0.05) is 38.8 Å². The Morgan fingerprint density at radius 3 is 2.41 bits per heavy atom. The number of carbonyl (C=O) groups is 1. The molecule has 1 aromatic heterocycles. The predicted molar refractivity (Wildman–Crippen MR) is 110 cm³/mol. The SMILES string of the molecule is Cc1onc(C(=O)N2CCN(Cc3ccc(F)cc3)CC2)c1COc1ccc(F)cc1F. The van der Waals surface area contributed by atoms with Crippen molar-refractivity contribution in [2.75, 3.05) is 26.2 Å². The molecule has 4 rings (SSSR count). The molecule has 168 valence electrons. The summed E-state index contributed by atoms with van der Waals surface area (Å²) in [6.45, 7) is 4.50. The molecule has 9 heteroatoms. The molecule has 1 saturated heterocycles. The summed E-state index contributed by atoms with van der Waals surface area (Å²) in [4.78, 5) is 16.9. The number of hydrogen-bond acceptors (Lipinski definition) is 5. The first-order valence-electron chi connectivity index (χ1n) is 10.2. The minimum atomic E-state index is -0.829. The molecule has 0 saturated carbocycles. The number of halogens is 3. The maximum absolute atomic E-state index is 13.8. The summed E-state index contributed by atoms with van der Waals surface area (Å²) in [5.41, 5.74) is 1.55. The molecule has 0 aliphatic carbocycles. The van der Waals surface area contributed by atoms with Crippen molar-refractivity contribution in [2.45, 2.75) is 20.1 Å². The van der Waals surface area contributed by atoms with Crippen LogP contribution in [0.2, 0.25) is 0 Å². The van der Waals surface area contributed by atoms with Gasteiger partial charge in [-0.1, -0.05) is 17.3 Å². The third-order valence-corrected chi connectivity index (χ3v) is 5.43. The quantitative estimate of drug-likeness (QED) is 0.575. The van der Waals surface area contributed by atoms with E-state index < -0.39 is 11.6 Å². The van der Waals surface area contributed by atoms with Crippen LogP contribution in [0.5, 0.6) is 5.75 Å². The van der Waals surface area contributed by atoms with Gasteiger partial charge in [-0.2, -0.15) is 0 Å². The molecule has 0 atom stereocenters. The van der Waals surface area contributed by atoms with E-state index in [-0.39, 0.29) is 29.8 Å². The molecule has 0 spiro atoms. The van der Waals surface area contributed by atoms with Crippen LogP contribution in [-0.2, 0) is 13.2 Å². The maximum Gasteiger partial charge on any atom is 0.276 e. The zero-order valence-corrected chi connectivity index (χ0v) is 17.5. The van der Waals surface area contributed by atoms with Gasteiger partial charge in [0.05, 0.1) is 5.56 Å². The summed E-state index contributed by atoms with van der Waals surface area (Å²) < 4.78 is 50.6. The van der Waals surface area contributed by atoms with Crippen molar-refractivity contribution in [1.82, 2.24) is 15.0 Å². The molecule has 0 radical (unpaired) electrons. The summed E-state index contributed by atoms with van der Waals surface area (Å²) in [7, 11) is 0. The highest BCUT2D eigenvalue weighted by atomic mass is 19.1. The second-order valence-corrected chi connectivity index (χ2v) is 7.62. The Balaban J connectivity index is 1.37. The number of aryl methyl sites for hydroxylation is 1. The van der Waals surface area contributed by atoms with Crippen LogP contribution in [0.15, 0.2) is 47.0 Å². The molecule has 32 heavy (non-hydrogen) atoms. The average molecular weight is 445 g/mol. The van der Waals surface area contributed by atoms with Gasteiger partial charge in [-0.25, -0.2) is 13.2 Å². The Bertz CT molecular complexity index is 1090. The number of nitrogens with zero attached hydrogens (tertiary/aromatic N) is 3. The van der Waals surface area contributed by atoms with Gasteiger partial charge in [0.15, 0.2) is 17.3 Å². The Morgan fingerprint density at radius 1 is 1.03 bits per heavy atom. The summed E-state index contributed by atoms with van der Waals surface area (Å²) in [6.07, 6.45) is 0. The third kappa shape index (κ3) is 4.94. The van der Waals surface area contributed by atoms with Crippen molar-refractivity contribution >= 4 is 5.91 Å². The van der Waals surface area contributed by atoms with E-state index in [0.29, 0.717) is 44.0 Å². The van der Waals surface area contributed by atoms with Gasteiger partial charge in [0.2, 0.25) is 0 Å². The third-order valence-electron chi connectivity index (χ3n) is 5.43. The minimum absolute atomic E-state index is 0.122. The molecule has 0 bridgehead atoms.